The molecule has 0 bridgehead atoms. The van der Waals surface area contributed by atoms with Gasteiger partial charge in [-0.2, -0.15) is 0 Å². The highest BCUT2D eigenvalue weighted by Gasteiger charge is 2.49. The lowest BCUT2D eigenvalue weighted by Gasteiger charge is -2.39. The van der Waals surface area contributed by atoms with Crippen molar-refractivity contribution in [2.24, 2.45) is 5.92 Å². The molecule has 0 N–H and O–H groups in total. The maximum Gasteiger partial charge on any atom is 0.254 e. The number of fused-ring (bicyclic) bond motifs is 2. The lowest BCUT2D eigenvalue weighted by Crippen LogP contribution is -2.46. The van der Waals surface area contributed by atoms with Crippen LogP contribution in [0.5, 0.6) is 11.5 Å². The van der Waals surface area contributed by atoms with E-state index in [9.17, 15) is 9.59 Å². The quantitative estimate of drug-likeness (QED) is 0.429. The van der Waals surface area contributed by atoms with E-state index in [-0.39, 0.29) is 11.7 Å². The lowest BCUT2D eigenvalue weighted by atomic mass is 9.81. The number of amides is 1. The Kier molecular flexibility index (Phi) is 6.97. The number of carbonyl (C=O) groups excluding carboxylic acids is 2. The molecule has 1 unspecified atom stereocenters. The van der Waals surface area contributed by atoms with Crippen molar-refractivity contribution >= 4 is 17.3 Å². The van der Waals surface area contributed by atoms with E-state index < -0.39 is 5.79 Å². The Morgan fingerprint density at radius 2 is 1.73 bits per heavy atom. The van der Waals surface area contributed by atoms with Gasteiger partial charge in [0.15, 0.2) is 17.3 Å². The molecule has 1 saturated carbocycles. The summed E-state index contributed by atoms with van der Waals surface area (Å²) in [5, 5.41) is 0. The van der Waals surface area contributed by atoms with Gasteiger partial charge in [0.25, 0.3) is 11.7 Å². The summed E-state index contributed by atoms with van der Waals surface area (Å²) < 4.78 is 13.7. The van der Waals surface area contributed by atoms with Crippen LogP contribution in [0.2, 0.25) is 0 Å². The second kappa shape index (κ2) is 10.2. The predicted molar refractivity (Wildman–Crippen MR) is 158 cm³/mol. The average Bonchev–Trinajstić information content (AvgIpc) is 3.56. The number of rotatable bonds is 5. The summed E-state index contributed by atoms with van der Waals surface area (Å²) in [6, 6.07) is 0.606. The second-order valence-electron chi connectivity index (χ2n) is 13.1. The third-order valence-corrected chi connectivity index (χ3v) is 10.1. The summed E-state index contributed by atoms with van der Waals surface area (Å²) in [6.45, 7) is 9.07. The van der Waals surface area contributed by atoms with Gasteiger partial charge in [0, 0.05) is 55.1 Å². The predicted octanol–water partition coefficient (Wildman–Crippen LogP) is 6.40. The Hall–Kier alpha value is -2.86. The standard InChI is InChI=1S/C34H44N2O4/c1-20-17-21(2)27(28(37)18-20)19-36-16-15-26-29(33(36)38)22(3)31-32(30(26)23-9-7-8-10-23)40-34(4,39-31)24-11-13-25(14-12-24)35(5)6/h9,17,24-25H,7-8,10-16,18-19H2,1-6H3. The zero-order valence-electron chi connectivity index (χ0n) is 25.1. The molecule has 1 fully saturated rings. The number of benzene rings is 1. The zero-order valence-corrected chi connectivity index (χ0v) is 25.1. The summed E-state index contributed by atoms with van der Waals surface area (Å²) in [5.74, 6) is 1.31. The monoisotopic (exact) mass is 544 g/mol. The molecule has 2 heterocycles. The van der Waals surface area contributed by atoms with Gasteiger partial charge in [-0.15, -0.1) is 0 Å². The molecule has 0 aromatic heterocycles. The first-order valence-electron chi connectivity index (χ1n) is 15.2. The van der Waals surface area contributed by atoms with Crippen LogP contribution in [0.1, 0.15) is 99.2 Å². The number of carbonyl (C=O) groups is 2. The maximum absolute atomic E-state index is 14.2. The Bertz CT molecular complexity index is 1360. The van der Waals surface area contributed by atoms with Crippen LogP contribution in [0.25, 0.3) is 5.57 Å². The van der Waals surface area contributed by atoms with E-state index in [4.69, 9.17) is 9.47 Å². The van der Waals surface area contributed by atoms with Gasteiger partial charge in [-0.05, 0) is 103 Å². The zero-order chi connectivity index (χ0) is 28.3. The van der Waals surface area contributed by atoms with Crippen molar-refractivity contribution in [3.63, 3.8) is 0 Å². The Balaban J connectivity index is 1.36. The van der Waals surface area contributed by atoms with Crippen molar-refractivity contribution in [1.82, 2.24) is 9.80 Å². The van der Waals surface area contributed by atoms with E-state index in [0.29, 0.717) is 31.5 Å². The molecule has 214 valence electrons. The Morgan fingerprint density at radius 1 is 1.00 bits per heavy atom. The molecule has 1 aromatic rings. The van der Waals surface area contributed by atoms with Crippen molar-refractivity contribution in [2.45, 2.75) is 97.3 Å². The van der Waals surface area contributed by atoms with Crippen molar-refractivity contribution in [2.75, 3.05) is 27.2 Å². The van der Waals surface area contributed by atoms with Gasteiger partial charge < -0.3 is 19.3 Å². The third kappa shape index (κ3) is 4.52. The number of hydrogen-bond donors (Lipinski definition) is 0. The molecule has 1 aromatic carbocycles. The second-order valence-corrected chi connectivity index (χ2v) is 13.1. The van der Waals surface area contributed by atoms with Crippen LogP contribution < -0.4 is 9.47 Å². The molecule has 6 nitrogen and oxygen atoms in total. The van der Waals surface area contributed by atoms with Crippen LogP contribution in [-0.2, 0) is 11.2 Å². The fourth-order valence-electron chi connectivity index (χ4n) is 7.74. The van der Waals surface area contributed by atoms with E-state index in [0.717, 1.165) is 102 Å². The van der Waals surface area contributed by atoms with Crippen LogP contribution in [0.4, 0.5) is 0 Å². The molecule has 0 saturated heterocycles. The Labute approximate surface area is 239 Å². The number of Topliss-reactive ketones (excluding diaryl/α,β-unsaturated/α-hetero) is 1. The van der Waals surface area contributed by atoms with Crippen LogP contribution in [0.15, 0.2) is 28.9 Å². The number of allylic oxidation sites excluding steroid dienone is 5. The topological polar surface area (TPSA) is 59.1 Å². The van der Waals surface area contributed by atoms with Gasteiger partial charge in [0.05, 0.1) is 5.56 Å². The summed E-state index contributed by atoms with van der Waals surface area (Å²) >= 11 is 0. The molecule has 6 heteroatoms. The van der Waals surface area contributed by atoms with Crippen molar-refractivity contribution < 1.29 is 19.1 Å². The van der Waals surface area contributed by atoms with Gasteiger partial charge in [-0.25, -0.2) is 0 Å². The fourth-order valence-corrected chi connectivity index (χ4v) is 7.74. The molecule has 40 heavy (non-hydrogen) atoms. The van der Waals surface area contributed by atoms with Crippen LogP contribution in [0.3, 0.4) is 0 Å². The average molecular weight is 545 g/mol. The highest BCUT2D eigenvalue weighted by Crippen LogP contribution is 2.55. The van der Waals surface area contributed by atoms with Crippen molar-refractivity contribution in [3.8, 4) is 11.5 Å². The molecular weight excluding hydrogens is 500 g/mol. The highest BCUT2D eigenvalue weighted by molar-refractivity contribution is 6.04. The van der Waals surface area contributed by atoms with E-state index >= 15 is 0 Å². The highest BCUT2D eigenvalue weighted by atomic mass is 16.7. The van der Waals surface area contributed by atoms with Crippen molar-refractivity contribution in [3.05, 3.63) is 51.1 Å². The first kappa shape index (κ1) is 27.3. The first-order chi connectivity index (χ1) is 19.1. The summed E-state index contributed by atoms with van der Waals surface area (Å²) in [5.41, 5.74) is 7.96. The molecule has 0 radical (unpaired) electrons. The largest absolute Gasteiger partial charge is 0.448 e. The summed E-state index contributed by atoms with van der Waals surface area (Å²) in [4.78, 5) is 31.3. The molecule has 0 spiro atoms. The maximum atomic E-state index is 14.2. The number of nitrogens with zero attached hydrogens (tertiary/aromatic N) is 2. The number of hydrogen-bond acceptors (Lipinski definition) is 5. The molecule has 1 amide bonds. The SMILES string of the molecule is CC1=CC(C)=C(CN2CCc3c(c(C)c4c(c3C3=CCCC3)OC(C)(C3CCC(N(C)C)CC3)O4)C2=O)C(=O)C1. The minimum absolute atomic E-state index is 0.00414. The van der Waals surface area contributed by atoms with Gasteiger partial charge in [0.2, 0.25) is 0 Å². The van der Waals surface area contributed by atoms with Crippen LogP contribution in [-0.4, -0.2) is 60.5 Å². The van der Waals surface area contributed by atoms with Crippen molar-refractivity contribution in [1.29, 1.82) is 0 Å². The summed E-state index contributed by atoms with van der Waals surface area (Å²) in [6.07, 6.45) is 13.2. The van der Waals surface area contributed by atoms with E-state index in [1.807, 2.05) is 25.7 Å². The lowest BCUT2D eigenvalue weighted by molar-refractivity contribution is -0.123. The van der Waals surface area contributed by atoms with E-state index in [2.05, 4.69) is 38.1 Å². The van der Waals surface area contributed by atoms with Gasteiger partial charge >= 0.3 is 0 Å². The van der Waals surface area contributed by atoms with Gasteiger partial charge in [-0.3, -0.25) is 9.59 Å². The minimum atomic E-state index is -0.731. The third-order valence-electron chi connectivity index (χ3n) is 10.1. The Morgan fingerprint density at radius 3 is 2.38 bits per heavy atom. The van der Waals surface area contributed by atoms with Crippen LogP contribution >= 0.6 is 0 Å². The van der Waals surface area contributed by atoms with Gasteiger partial charge in [-0.1, -0.05) is 17.7 Å². The molecular formula is C34H44N2O4. The summed E-state index contributed by atoms with van der Waals surface area (Å²) in [7, 11) is 4.33. The smallest absolute Gasteiger partial charge is 0.254 e. The van der Waals surface area contributed by atoms with Gasteiger partial charge in [0.1, 0.15) is 0 Å². The normalized spacial score (nSPS) is 28.3. The molecule has 3 aliphatic carbocycles. The minimum Gasteiger partial charge on any atom is -0.448 e. The fraction of sp³-hybridized carbons (Fsp3) is 0.588. The molecule has 6 rings (SSSR count). The molecule has 2 aliphatic heterocycles. The number of ketones is 1. The number of ether oxygens (including phenoxy) is 2. The molecule has 1 atom stereocenters. The van der Waals surface area contributed by atoms with E-state index in [1.54, 1.807) is 0 Å². The first-order valence-corrected chi connectivity index (χ1v) is 15.2. The van der Waals surface area contributed by atoms with Crippen LogP contribution in [0, 0.1) is 12.8 Å². The van der Waals surface area contributed by atoms with E-state index in [1.165, 1.54) is 5.57 Å². The molecule has 5 aliphatic rings.